The molecule has 0 unspecified atom stereocenters. The van der Waals surface area contributed by atoms with E-state index in [2.05, 4.69) is 9.47 Å². The first-order chi connectivity index (χ1) is 8.62. The summed E-state index contributed by atoms with van der Waals surface area (Å²) in [4.78, 5) is 21.3. The van der Waals surface area contributed by atoms with Gasteiger partial charge in [0, 0.05) is 12.2 Å². The van der Waals surface area contributed by atoms with Gasteiger partial charge >= 0.3 is 11.9 Å². The van der Waals surface area contributed by atoms with Crippen molar-refractivity contribution in [3.8, 4) is 0 Å². The van der Waals surface area contributed by atoms with Crippen LogP contribution in [0.15, 0.2) is 24.3 Å². The minimum Gasteiger partial charge on any atom is -0.463 e. The molecular formula is C12H20O6. The summed E-state index contributed by atoms with van der Waals surface area (Å²) in [7, 11) is 0. The number of carbonyl (C=O) groups excluding carboxylic acids is 2. The molecule has 0 aliphatic heterocycles. The fraction of sp³-hybridized carbons (Fsp3) is 0.500. The number of aliphatic hydroxyl groups excluding tert-OH is 2. The summed E-state index contributed by atoms with van der Waals surface area (Å²) in [6.07, 6.45) is 5.06. The molecule has 0 aliphatic carbocycles. The van der Waals surface area contributed by atoms with Gasteiger partial charge in [-0.25, -0.2) is 9.59 Å². The van der Waals surface area contributed by atoms with Gasteiger partial charge in [-0.3, -0.25) is 0 Å². The summed E-state index contributed by atoms with van der Waals surface area (Å²) in [5, 5.41) is 16.0. The lowest BCUT2D eigenvalue weighted by atomic mass is 10.5. The molecule has 0 spiro atoms. The summed E-state index contributed by atoms with van der Waals surface area (Å²) < 4.78 is 9.07. The molecule has 0 radical (unpaired) electrons. The Labute approximate surface area is 107 Å². The van der Waals surface area contributed by atoms with Crippen LogP contribution in [0.25, 0.3) is 0 Å². The van der Waals surface area contributed by atoms with E-state index in [0.29, 0.717) is 13.2 Å². The molecule has 0 saturated heterocycles. The minimum atomic E-state index is -0.537. The van der Waals surface area contributed by atoms with Crippen molar-refractivity contribution in [1.29, 1.82) is 0 Å². The van der Waals surface area contributed by atoms with E-state index in [0.717, 1.165) is 12.2 Å². The molecule has 0 atom stereocenters. The molecule has 18 heavy (non-hydrogen) atoms. The Morgan fingerprint density at radius 3 is 1.44 bits per heavy atom. The highest BCUT2D eigenvalue weighted by atomic mass is 16.5. The van der Waals surface area contributed by atoms with E-state index in [1.807, 2.05) is 0 Å². The van der Waals surface area contributed by atoms with Gasteiger partial charge in [-0.2, -0.15) is 0 Å². The van der Waals surface area contributed by atoms with E-state index in [-0.39, 0.29) is 13.2 Å². The molecule has 0 fully saturated rings. The Kier molecular flexibility index (Phi) is 15.9. The third-order valence-electron chi connectivity index (χ3n) is 1.31. The van der Waals surface area contributed by atoms with Crippen molar-refractivity contribution in [3.63, 3.8) is 0 Å². The van der Waals surface area contributed by atoms with Crippen molar-refractivity contribution < 1.29 is 29.3 Å². The Balaban J connectivity index is 0. The predicted molar refractivity (Wildman–Crippen MR) is 65.7 cm³/mol. The average molecular weight is 260 g/mol. The quantitative estimate of drug-likeness (QED) is 0.402. The van der Waals surface area contributed by atoms with Crippen LogP contribution in [-0.4, -0.2) is 48.6 Å². The number of ether oxygens (including phenoxy) is 2. The second kappa shape index (κ2) is 15.3. The predicted octanol–water partition coefficient (Wildman–Crippen LogP) is 0.196. The Morgan fingerprint density at radius 2 is 1.22 bits per heavy atom. The maximum Gasteiger partial charge on any atom is 0.330 e. The highest BCUT2D eigenvalue weighted by molar-refractivity contribution is 5.91. The van der Waals surface area contributed by atoms with Gasteiger partial charge in [0.15, 0.2) is 0 Å². The summed E-state index contributed by atoms with van der Waals surface area (Å²) in [5.41, 5.74) is 0. The molecule has 6 nitrogen and oxygen atoms in total. The number of hydrogen-bond donors (Lipinski definition) is 2. The highest BCUT2D eigenvalue weighted by Crippen LogP contribution is 1.84. The summed E-state index contributed by atoms with van der Waals surface area (Å²) >= 11 is 0. The lowest BCUT2D eigenvalue weighted by Crippen LogP contribution is -2.03. The zero-order chi connectivity index (χ0) is 14.2. The molecular weight excluding hydrogens is 240 g/mol. The van der Waals surface area contributed by atoms with E-state index < -0.39 is 11.9 Å². The number of rotatable bonds is 6. The van der Waals surface area contributed by atoms with Crippen LogP contribution in [0.3, 0.4) is 0 Å². The van der Waals surface area contributed by atoms with Crippen molar-refractivity contribution in [2.24, 2.45) is 0 Å². The summed E-state index contributed by atoms with van der Waals surface area (Å²) in [6.45, 7) is 4.01. The third-order valence-corrected chi connectivity index (χ3v) is 1.31. The Morgan fingerprint density at radius 1 is 0.889 bits per heavy atom. The van der Waals surface area contributed by atoms with Crippen molar-refractivity contribution in [1.82, 2.24) is 0 Å². The van der Waals surface area contributed by atoms with Gasteiger partial charge < -0.3 is 19.7 Å². The first kappa shape index (κ1) is 18.7. The molecule has 6 heteroatoms. The van der Waals surface area contributed by atoms with Gasteiger partial charge in [-0.15, -0.1) is 0 Å². The van der Waals surface area contributed by atoms with E-state index in [9.17, 15) is 9.59 Å². The Bertz CT molecular complexity index is 244. The van der Waals surface area contributed by atoms with Gasteiger partial charge in [-0.1, -0.05) is 12.2 Å². The van der Waals surface area contributed by atoms with Gasteiger partial charge in [0.2, 0.25) is 0 Å². The van der Waals surface area contributed by atoms with Gasteiger partial charge in [-0.05, 0) is 13.8 Å². The monoisotopic (exact) mass is 260 g/mol. The highest BCUT2D eigenvalue weighted by Gasteiger charge is 1.97. The SMILES string of the molecule is CCOC(=O)/C=C/C(=O)OCC.OC/C=C/CO. The normalized spacial score (nSPS) is 10.0. The third kappa shape index (κ3) is 16.8. The van der Waals surface area contributed by atoms with Crippen LogP contribution in [0.1, 0.15) is 13.8 Å². The maximum absolute atomic E-state index is 10.6. The van der Waals surface area contributed by atoms with Crippen molar-refractivity contribution in [3.05, 3.63) is 24.3 Å². The average Bonchev–Trinajstić information content (AvgIpc) is 2.35. The lowest BCUT2D eigenvalue weighted by Gasteiger charge is -1.95. The molecule has 0 aromatic rings. The second-order valence-corrected chi connectivity index (χ2v) is 2.67. The smallest absolute Gasteiger partial charge is 0.330 e. The summed E-state index contributed by atoms with van der Waals surface area (Å²) in [6, 6.07) is 0. The number of hydrogen-bond acceptors (Lipinski definition) is 6. The van der Waals surface area contributed by atoms with Crippen LogP contribution in [0.5, 0.6) is 0 Å². The van der Waals surface area contributed by atoms with E-state index in [1.54, 1.807) is 13.8 Å². The van der Waals surface area contributed by atoms with E-state index >= 15 is 0 Å². The molecule has 0 saturated carbocycles. The molecule has 0 aromatic heterocycles. The maximum atomic E-state index is 10.6. The minimum absolute atomic E-state index is 0.0144. The molecule has 104 valence electrons. The van der Waals surface area contributed by atoms with Crippen molar-refractivity contribution in [2.75, 3.05) is 26.4 Å². The van der Waals surface area contributed by atoms with Crippen LogP contribution < -0.4 is 0 Å². The fourth-order valence-corrected chi connectivity index (χ4v) is 0.666. The van der Waals surface area contributed by atoms with E-state index in [1.165, 1.54) is 12.2 Å². The summed E-state index contributed by atoms with van der Waals surface area (Å²) in [5.74, 6) is -1.07. The topological polar surface area (TPSA) is 93.1 Å². The van der Waals surface area contributed by atoms with Crippen molar-refractivity contribution in [2.45, 2.75) is 13.8 Å². The molecule has 0 amide bonds. The second-order valence-electron chi connectivity index (χ2n) is 2.67. The van der Waals surface area contributed by atoms with Crippen LogP contribution in [0.4, 0.5) is 0 Å². The van der Waals surface area contributed by atoms with Crippen LogP contribution in [0, 0.1) is 0 Å². The van der Waals surface area contributed by atoms with Gasteiger partial charge in [0.1, 0.15) is 0 Å². The van der Waals surface area contributed by atoms with Gasteiger partial charge in [0.25, 0.3) is 0 Å². The first-order valence-corrected chi connectivity index (χ1v) is 5.50. The number of aliphatic hydroxyl groups is 2. The molecule has 0 aliphatic rings. The van der Waals surface area contributed by atoms with Crippen LogP contribution in [-0.2, 0) is 19.1 Å². The molecule has 2 N–H and O–H groups in total. The molecule has 0 rings (SSSR count). The molecule has 0 heterocycles. The van der Waals surface area contributed by atoms with Crippen molar-refractivity contribution >= 4 is 11.9 Å². The van der Waals surface area contributed by atoms with E-state index in [4.69, 9.17) is 10.2 Å². The zero-order valence-electron chi connectivity index (χ0n) is 10.7. The van der Waals surface area contributed by atoms with Crippen LogP contribution in [0.2, 0.25) is 0 Å². The number of esters is 2. The first-order valence-electron chi connectivity index (χ1n) is 5.50. The fourth-order valence-electron chi connectivity index (χ4n) is 0.666. The van der Waals surface area contributed by atoms with Crippen LogP contribution >= 0.6 is 0 Å². The van der Waals surface area contributed by atoms with Gasteiger partial charge in [0.05, 0.1) is 26.4 Å². The molecule has 0 aromatic carbocycles. The molecule has 0 bridgehead atoms. The largest absolute Gasteiger partial charge is 0.463 e. The zero-order valence-corrected chi connectivity index (χ0v) is 10.7. The lowest BCUT2D eigenvalue weighted by molar-refractivity contribution is -0.140. The Hall–Kier alpha value is -1.66. The number of carbonyl (C=O) groups is 2. The standard InChI is InChI=1S/C8H12O4.C4H8O2/c1-3-11-7(9)5-6-8(10)12-4-2;5-3-1-2-4-6/h5-6H,3-4H2,1-2H3;1-2,5-6H,3-4H2/b6-5+;2-1+.